The lowest BCUT2D eigenvalue weighted by Gasteiger charge is -2.36. The van der Waals surface area contributed by atoms with Gasteiger partial charge < -0.3 is 14.5 Å². The first-order chi connectivity index (χ1) is 10.8. The van der Waals surface area contributed by atoms with Gasteiger partial charge >= 0.3 is 0 Å². The average Bonchev–Trinajstić information content (AvgIpc) is 2.62. The summed E-state index contributed by atoms with van der Waals surface area (Å²) in [5, 5.41) is 0. The van der Waals surface area contributed by atoms with Crippen LogP contribution in [0, 0.1) is 5.92 Å². The smallest absolute Gasteiger partial charge is 0.228 e. The summed E-state index contributed by atoms with van der Waals surface area (Å²) in [6, 6.07) is 1.74. The van der Waals surface area contributed by atoms with Crippen LogP contribution in [0.4, 0.5) is 5.95 Å². The van der Waals surface area contributed by atoms with Gasteiger partial charge in [0.15, 0.2) is 0 Å². The lowest BCUT2D eigenvalue weighted by molar-refractivity contribution is -0.136. The monoisotopic (exact) mass is 302 g/mol. The summed E-state index contributed by atoms with van der Waals surface area (Å²) in [6.45, 7) is 3.00. The van der Waals surface area contributed by atoms with E-state index in [4.69, 9.17) is 4.74 Å². The molecule has 1 saturated heterocycles. The predicted molar refractivity (Wildman–Crippen MR) is 83.9 cm³/mol. The minimum absolute atomic E-state index is 0.171. The number of ether oxygens (including phenoxy) is 1. The summed E-state index contributed by atoms with van der Waals surface area (Å²) >= 11 is 0. The molecule has 0 aromatic carbocycles. The Labute approximate surface area is 130 Å². The van der Waals surface area contributed by atoms with E-state index in [-0.39, 0.29) is 5.92 Å². The molecule has 22 heavy (non-hydrogen) atoms. The molecule has 2 aliphatic rings. The van der Waals surface area contributed by atoms with Crippen LogP contribution < -0.4 is 9.64 Å². The van der Waals surface area contributed by atoms with Gasteiger partial charge in [-0.25, -0.2) is 4.98 Å². The van der Waals surface area contributed by atoms with E-state index in [0.29, 0.717) is 17.7 Å². The number of piperazine rings is 1. The molecule has 0 radical (unpaired) electrons. The third-order valence-electron chi connectivity index (χ3n) is 4.32. The van der Waals surface area contributed by atoms with Crippen molar-refractivity contribution in [2.75, 3.05) is 38.2 Å². The highest BCUT2D eigenvalue weighted by molar-refractivity contribution is 5.79. The number of hydrogen-bond donors (Lipinski definition) is 0. The third kappa shape index (κ3) is 3.21. The number of hydrogen-bond acceptors (Lipinski definition) is 5. The van der Waals surface area contributed by atoms with Crippen LogP contribution in [0.5, 0.6) is 5.88 Å². The van der Waals surface area contributed by atoms with Crippen molar-refractivity contribution in [1.29, 1.82) is 0 Å². The van der Waals surface area contributed by atoms with Crippen molar-refractivity contribution in [3.63, 3.8) is 0 Å². The number of carbonyl (C=O) groups is 1. The molecule has 1 aromatic rings. The van der Waals surface area contributed by atoms with Crippen LogP contribution in [0.1, 0.15) is 19.3 Å². The maximum Gasteiger partial charge on any atom is 0.228 e. The van der Waals surface area contributed by atoms with E-state index in [1.807, 2.05) is 4.90 Å². The van der Waals surface area contributed by atoms with Crippen molar-refractivity contribution in [2.45, 2.75) is 19.3 Å². The zero-order valence-corrected chi connectivity index (χ0v) is 12.9. The Kier molecular flexibility index (Phi) is 4.56. The molecule has 0 bridgehead atoms. The largest absolute Gasteiger partial charge is 0.481 e. The van der Waals surface area contributed by atoms with E-state index < -0.39 is 0 Å². The molecule has 0 N–H and O–H groups in total. The molecule has 1 amide bonds. The maximum absolute atomic E-state index is 12.5. The van der Waals surface area contributed by atoms with Gasteiger partial charge in [-0.15, -0.1) is 0 Å². The number of aromatic nitrogens is 2. The van der Waals surface area contributed by atoms with Crippen molar-refractivity contribution < 1.29 is 9.53 Å². The second-order valence-corrected chi connectivity index (χ2v) is 5.69. The summed E-state index contributed by atoms with van der Waals surface area (Å²) in [6.07, 6.45) is 8.89. The van der Waals surface area contributed by atoms with Crippen LogP contribution in [-0.2, 0) is 4.79 Å². The molecule has 3 rings (SSSR count). The molecule has 0 unspecified atom stereocenters. The van der Waals surface area contributed by atoms with E-state index in [2.05, 4.69) is 27.0 Å². The van der Waals surface area contributed by atoms with Crippen LogP contribution in [0.25, 0.3) is 0 Å². The van der Waals surface area contributed by atoms with Crippen molar-refractivity contribution in [3.8, 4) is 5.88 Å². The Bertz CT molecular complexity index is 553. The highest BCUT2D eigenvalue weighted by atomic mass is 16.5. The molecule has 1 fully saturated rings. The summed E-state index contributed by atoms with van der Waals surface area (Å²) in [5.41, 5.74) is 0. The quantitative estimate of drug-likeness (QED) is 0.792. The first-order valence-corrected chi connectivity index (χ1v) is 7.83. The van der Waals surface area contributed by atoms with Gasteiger partial charge in [-0.2, -0.15) is 4.98 Å². The number of rotatable bonds is 3. The van der Waals surface area contributed by atoms with Gasteiger partial charge in [0, 0.05) is 44.4 Å². The van der Waals surface area contributed by atoms with Crippen LogP contribution in [0.15, 0.2) is 24.4 Å². The van der Waals surface area contributed by atoms with Gasteiger partial charge in [-0.1, -0.05) is 12.2 Å². The highest BCUT2D eigenvalue weighted by Crippen LogP contribution is 2.22. The number of anilines is 1. The average molecular weight is 302 g/mol. The summed E-state index contributed by atoms with van der Waals surface area (Å²) in [4.78, 5) is 25.3. The second kappa shape index (κ2) is 6.77. The molecule has 1 aromatic heterocycles. The lowest BCUT2D eigenvalue weighted by atomic mass is 9.93. The number of methoxy groups -OCH3 is 1. The number of amides is 1. The minimum atomic E-state index is 0.171. The number of nitrogens with zero attached hydrogens (tertiary/aromatic N) is 4. The van der Waals surface area contributed by atoms with Crippen LogP contribution >= 0.6 is 0 Å². The topological polar surface area (TPSA) is 58.6 Å². The minimum Gasteiger partial charge on any atom is -0.481 e. The van der Waals surface area contributed by atoms with Gasteiger partial charge in [-0.05, 0) is 19.3 Å². The van der Waals surface area contributed by atoms with Gasteiger partial charge in [0.25, 0.3) is 0 Å². The van der Waals surface area contributed by atoms with Crippen LogP contribution in [0.3, 0.4) is 0 Å². The molecule has 6 heteroatoms. The molecule has 1 aliphatic carbocycles. The molecule has 2 heterocycles. The van der Waals surface area contributed by atoms with E-state index in [1.165, 1.54) is 0 Å². The molecule has 1 aliphatic heterocycles. The number of allylic oxidation sites excluding steroid dienone is 2. The first kappa shape index (κ1) is 14.8. The second-order valence-electron chi connectivity index (χ2n) is 5.69. The van der Waals surface area contributed by atoms with Gasteiger partial charge in [0.2, 0.25) is 17.7 Å². The summed E-state index contributed by atoms with van der Waals surface area (Å²) < 4.78 is 5.14. The van der Waals surface area contributed by atoms with Crippen molar-refractivity contribution in [1.82, 2.24) is 14.9 Å². The van der Waals surface area contributed by atoms with Crippen molar-refractivity contribution >= 4 is 11.9 Å². The molecule has 118 valence electrons. The fourth-order valence-corrected chi connectivity index (χ4v) is 3.00. The van der Waals surface area contributed by atoms with E-state index in [0.717, 1.165) is 45.4 Å². The van der Waals surface area contributed by atoms with Crippen molar-refractivity contribution in [3.05, 3.63) is 24.4 Å². The van der Waals surface area contributed by atoms with Crippen LogP contribution in [0.2, 0.25) is 0 Å². The Hall–Kier alpha value is -2.11. The maximum atomic E-state index is 12.5. The molecule has 6 nitrogen and oxygen atoms in total. The molecule has 0 saturated carbocycles. The SMILES string of the molecule is COc1ccnc(N2CCN(C(=O)[C@H]3CC=CCC3)CC2)n1. The zero-order valence-electron chi connectivity index (χ0n) is 12.9. The fraction of sp³-hybridized carbons (Fsp3) is 0.562. The molecular formula is C16H22N4O2. The van der Waals surface area contributed by atoms with E-state index >= 15 is 0 Å². The first-order valence-electron chi connectivity index (χ1n) is 7.83. The summed E-state index contributed by atoms with van der Waals surface area (Å²) in [7, 11) is 1.60. The predicted octanol–water partition coefficient (Wildman–Crippen LogP) is 1.49. The Balaban J connectivity index is 1.57. The van der Waals surface area contributed by atoms with E-state index in [9.17, 15) is 4.79 Å². The Morgan fingerprint density at radius 1 is 1.27 bits per heavy atom. The van der Waals surface area contributed by atoms with Gasteiger partial charge in [0.1, 0.15) is 0 Å². The Morgan fingerprint density at radius 2 is 2.09 bits per heavy atom. The summed E-state index contributed by atoms with van der Waals surface area (Å²) in [5.74, 6) is 1.71. The normalized spacial score (nSPS) is 21.8. The lowest BCUT2D eigenvalue weighted by Crippen LogP contribution is -2.51. The zero-order chi connectivity index (χ0) is 15.4. The standard InChI is InChI=1S/C16H22N4O2/c1-22-14-7-8-17-16(18-14)20-11-9-19(10-12-20)15(21)13-5-3-2-4-6-13/h2-3,7-8,13H,4-6,9-12H2,1H3/t13-/m0/s1. The number of carbonyl (C=O) groups excluding carboxylic acids is 1. The molecule has 0 spiro atoms. The Morgan fingerprint density at radius 3 is 2.77 bits per heavy atom. The van der Waals surface area contributed by atoms with Gasteiger partial charge in [0.05, 0.1) is 7.11 Å². The van der Waals surface area contributed by atoms with Gasteiger partial charge in [-0.3, -0.25) is 4.79 Å². The highest BCUT2D eigenvalue weighted by Gasteiger charge is 2.28. The molecular weight excluding hydrogens is 280 g/mol. The molecule has 1 atom stereocenters. The third-order valence-corrected chi connectivity index (χ3v) is 4.32. The van der Waals surface area contributed by atoms with E-state index in [1.54, 1.807) is 19.4 Å². The van der Waals surface area contributed by atoms with Crippen LogP contribution in [-0.4, -0.2) is 54.1 Å². The van der Waals surface area contributed by atoms with Crippen molar-refractivity contribution in [2.24, 2.45) is 5.92 Å². The fourth-order valence-electron chi connectivity index (χ4n) is 3.00.